The number of thiophene rings is 1. The van der Waals surface area contributed by atoms with Gasteiger partial charge in [-0.3, -0.25) is 4.79 Å². The number of nitrogens with two attached hydrogens (primary N) is 1. The second kappa shape index (κ2) is 5.28. The molecule has 0 aliphatic rings. The van der Waals surface area contributed by atoms with Gasteiger partial charge in [0.1, 0.15) is 5.01 Å². The van der Waals surface area contributed by atoms with Gasteiger partial charge in [-0.2, -0.15) is 0 Å². The topological polar surface area (TPSA) is 82.3 Å². The predicted octanol–water partition coefficient (Wildman–Crippen LogP) is 1.90. The fourth-order valence-electron chi connectivity index (χ4n) is 1.16. The number of hydrogen-bond acceptors (Lipinski definition) is 6. The summed E-state index contributed by atoms with van der Waals surface area (Å²) >= 11 is 2.89. The number of hydrogen-bond donors (Lipinski definition) is 1. The quantitative estimate of drug-likeness (QED) is 0.868. The minimum Gasteiger partial charge on any atom is -0.448 e. The molecular weight excluding hydrogens is 272 g/mol. The average molecular weight is 282 g/mol. The van der Waals surface area contributed by atoms with E-state index in [1.807, 2.05) is 17.5 Å². The molecule has 0 spiro atoms. The van der Waals surface area contributed by atoms with E-state index in [-0.39, 0.29) is 5.69 Å². The summed E-state index contributed by atoms with van der Waals surface area (Å²) in [6, 6.07) is 3.83. The molecule has 0 bridgehead atoms. The zero-order valence-electron chi connectivity index (χ0n) is 9.45. The average Bonchev–Trinajstić information content (AvgIpc) is 2.99. The number of ether oxygens (including phenoxy) is 1. The zero-order valence-corrected chi connectivity index (χ0v) is 11.1. The Labute approximate surface area is 111 Å². The number of thiazole rings is 1. The highest BCUT2D eigenvalue weighted by Gasteiger charge is 2.19. The molecule has 2 N–H and O–H groups in total. The maximum Gasteiger partial charge on any atom is 0.358 e. The molecule has 1 atom stereocenters. The third-order valence-electron chi connectivity index (χ3n) is 2.13. The summed E-state index contributed by atoms with van der Waals surface area (Å²) in [6.07, 6.45) is -0.954. The van der Waals surface area contributed by atoms with Gasteiger partial charge < -0.3 is 10.5 Å². The molecule has 2 aromatic rings. The van der Waals surface area contributed by atoms with Crippen molar-refractivity contribution in [3.05, 3.63) is 28.6 Å². The van der Waals surface area contributed by atoms with E-state index in [9.17, 15) is 9.59 Å². The van der Waals surface area contributed by atoms with E-state index in [1.54, 1.807) is 16.7 Å². The van der Waals surface area contributed by atoms with Crippen molar-refractivity contribution in [3.8, 4) is 9.88 Å². The number of primary amides is 1. The largest absolute Gasteiger partial charge is 0.448 e. The van der Waals surface area contributed by atoms with Gasteiger partial charge in [-0.1, -0.05) is 6.07 Å². The maximum absolute atomic E-state index is 11.7. The van der Waals surface area contributed by atoms with Crippen LogP contribution in [-0.2, 0) is 9.53 Å². The van der Waals surface area contributed by atoms with Crippen LogP contribution in [0.3, 0.4) is 0 Å². The van der Waals surface area contributed by atoms with E-state index >= 15 is 0 Å². The van der Waals surface area contributed by atoms with Gasteiger partial charge in [-0.15, -0.1) is 22.7 Å². The van der Waals surface area contributed by atoms with Crippen LogP contribution < -0.4 is 5.73 Å². The molecule has 0 saturated heterocycles. The fourth-order valence-corrected chi connectivity index (χ4v) is 2.76. The van der Waals surface area contributed by atoms with Crippen molar-refractivity contribution >= 4 is 34.6 Å². The summed E-state index contributed by atoms with van der Waals surface area (Å²) in [7, 11) is 0. The standard InChI is InChI=1S/C11H10N2O3S2/c1-6(9(12)14)16-11(15)7-5-18-10(13-7)8-3-2-4-17-8/h2-6H,1H3,(H2,12,14)/t6-/m1/s1. The molecule has 7 heteroatoms. The van der Waals surface area contributed by atoms with Crippen molar-refractivity contribution in [2.24, 2.45) is 5.73 Å². The maximum atomic E-state index is 11.7. The van der Waals surface area contributed by atoms with Gasteiger partial charge in [0.25, 0.3) is 5.91 Å². The van der Waals surface area contributed by atoms with E-state index in [2.05, 4.69) is 4.98 Å². The Morgan fingerprint density at radius 2 is 2.22 bits per heavy atom. The molecule has 0 aliphatic carbocycles. The molecule has 1 amide bonds. The summed E-state index contributed by atoms with van der Waals surface area (Å²) < 4.78 is 4.86. The molecule has 18 heavy (non-hydrogen) atoms. The van der Waals surface area contributed by atoms with Crippen LogP contribution in [0.25, 0.3) is 9.88 Å². The minimum atomic E-state index is -0.954. The normalized spacial score (nSPS) is 12.1. The highest BCUT2D eigenvalue weighted by Crippen LogP contribution is 2.27. The first kappa shape index (κ1) is 12.7. The second-order valence-corrected chi connectivity index (χ2v) is 5.27. The lowest BCUT2D eigenvalue weighted by Crippen LogP contribution is -2.30. The number of aromatic nitrogens is 1. The van der Waals surface area contributed by atoms with Crippen LogP contribution >= 0.6 is 22.7 Å². The van der Waals surface area contributed by atoms with Crippen molar-refractivity contribution in [2.45, 2.75) is 13.0 Å². The number of carbonyl (C=O) groups is 2. The number of esters is 1. The van der Waals surface area contributed by atoms with Gasteiger partial charge >= 0.3 is 5.97 Å². The van der Waals surface area contributed by atoms with Crippen molar-refractivity contribution in [2.75, 3.05) is 0 Å². The van der Waals surface area contributed by atoms with E-state index in [1.165, 1.54) is 18.3 Å². The summed E-state index contributed by atoms with van der Waals surface area (Å²) in [5.41, 5.74) is 5.20. The monoisotopic (exact) mass is 282 g/mol. The molecule has 2 rings (SSSR count). The summed E-state index contributed by atoms with van der Waals surface area (Å²) in [6.45, 7) is 1.42. The first-order valence-electron chi connectivity index (χ1n) is 5.07. The molecule has 0 unspecified atom stereocenters. The van der Waals surface area contributed by atoms with Crippen LogP contribution in [-0.4, -0.2) is 23.0 Å². The Morgan fingerprint density at radius 3 is 2.83 bits per heavy atom. The number of rotatable bonds is 4. The van der Waals surface area contributed by atoms with Crippen LogP contribution in [0, 0.1) is 0 Å². The molecule has 2 heterocycles. The third-order valence-corrected chi connectivity index (χ3v) is 4.01. The first-order chi connectivity index (χ1) is 8.58. The van der Waals surface area contributed by atoms with Crippen LogP contribution in [0.1, 0.15) is 17.4 Å². The molecule has 0 fully saturated rings. The van der Waals surface area contributed by atoms with Gasteiger partial charge in [-0.05, 0) is 18.4 Å². The van der Waals surface area contributed by atoms with Crippen molar-refractivity contribution in [1.82, 2.24) is 4.98 Å². The Hall–Kier alpha value is -1.73. The van der Waals surface area contributed by atoms with Gasteiger partial charge in [0.2, 0.25) is 0 Å². The highest BCUT2D eigenvalue weighted by atomic mass is 32.1. The SMILES string of the molecule is C[C@@H](OC(=O)c1csc(-c2cccs2)n1)C(N)=O. The summed E-state index contributed by atoms with van der Waals surface area (Å²) in [5, 5.41) is 4.29. The van der Waals surface area contributed by atoms with Crippen LogP contribution in [0.5, 0.6) is 0 Å². The Balaban J connectivity index is 2.11. The second-order valence-electron chi connectivity index (χ2n) is 3.47. The Morgan fingerprint density at radius 1 is 1.44 bits per heavy atom. The lowest BCUT2D eigenvalue weighted by Gasteiger charge is -2.07. The smallest absolute Gasteiger partial charge is 0.358 e. The van der Waals surface area contributed by atoms with E-state index in [4.69, 9.17) is 10.5 Å². The number of amides is 1. The Kier molecular flexibility index (Phi) is 3.73. The molecule has 0 saturated carbocycles. The van der Waals surface area contributed by atoms with E-state index in [0.717, 1.165) is 9.88 Å². The van der Waals surface area contributed by atoms with Crippen molar-refractivity contribution < 1.29 is 14.3 Å². The summed E-state index contributed by atoms with van der Waals surface area (Å²) in [5.74, 6) is -1.32. The fraction of sp³-hybridized carbons (Fsp3) is 0.182. The van der Waals surface area contributed by atoms with Crippen LogP contribution in [0.4, 0.5) is 0 Å². The number of carbonyl (C=O) groups excluding carboxylic acids is 2. The third kappa shape index (κ3) is 2.74. The van der Waals surface area contributed by atoms with Crippen molar-refractivity contribution in [1.29, 1.82) is 0 Å². The van der Waals surface area contributed by atoms with Crippen molar-refractivity contribution in [3.63, 3.8) is 0 Å². The van der Waals surface area contributed by atoms with Crippen LogP contribution in [0.15, 0.2) is 22.9 Å². The molecule has 5 nitrogen and oxygen atoms in total. The highest BCUT2D eigenvalue weighted by molar-refractivity contribution is 7.20. The van der Waals surface area contributed by atoms with E-state index < -0.39 is 18.0 Å². The van der Waals surface area contributed by atoms with Gasteiger partial charge in [0.05, 0.1) is 4.88 Å². The van der Waals surface area contributed by atoms with E-state index in [0.29, 0.717) is 0 Å². The molecule has 2 aromatic heterocycles. The molecular formula is C11H10N2O3S2. The molecule has 94 valence electrons. The lowest BCUT2D eigenvalue weighted by atomic mass is 10.4. The van der Waals surface area contributed by atoms with Gasteiger partial charge in [0.15, 0.2) is 11.8 Å². The lowest BCUT2D eigenvalue weighted by molar-refractivity contribution is -0.125. The van der Waals surface area contributed by atoms with Gasteiger partial charge in [0, 0.05) is 5.38 Å². The summed E-state index contributed by atoms with van der Waals surface area (Å²) in [4.78, 5) is 27.6. The molecule has 0 aromatic carbocycles. The minimum absolute atomic E-state index is 0.191. The van der Waals surface area contributed by atoms with Gasteiger partial charge in [-0.25, -0.2) is 9.78 Å². The van der Waals surface area contributed by atoms with Crippen LogP contribution in [0.2, 0.25) is 0 Å². The Bertz CT molecular complexity index is 563. The molecule has 0 radical (unpaired) electrons. The molecule has 0 aliphatic heterocycles. The predicted molar refractivity (Wildman–Crippen MR) is 69.5 cm³/mol. The first-order valence-corrected chi connectivity index (χ1v) is 6.83. The zero-order chi connectivity index (χ0) is 13.1. The number of nitrogens with zero attached hydrogens (tertiary/aromatic N) is 1.